The Kier molecular flexibility index (Phi) is 4.39. The second-order valence-corrected chi connectivity index (χ2v) is 5.52. The number of carbonyl (C=O) groups is 1. The van der Waals surface area contributed by atoms with Gasteiger partial charge in [-0.2, -0.15) is 0 Å². The third kappa shape index (κ3) is 3.59. The lowest BCUT2D eigenvalue weighted by molar-refractivity contribution is -0.121. The summed E-state index contributed by atoms with van der Waals surface area (Å²) in [4.78, 5) is 13.0. The van der Waals surface area contributed by atoms with Gasteiger partial charge in [0.15, 0.2) is 0 Å². The van der Waals surface area contributed by atoms with Crippen LogP contribution in [-0.4, -0.2) is 5.91 Å². The van der Waals surface area contributed by atoms with Crippen molar-refractivity contribution in [2.24, 2.45) is 0 Å². The van der Waals surface area contributed by atoms with E-state index in [1.54, 1.807) is 23.5 Å². The molecule has 94 valence electrons. The van der Waals surface area contributed by atoms with Crippen molar-refractivity contribution in [3.63, 3.8) is 0 Å². The summed E-state index contributed by atoms with van der Waals surface area (Å²) in [7, 11) is 0. The predicted octanol–water partition coefficient (Wildman–Crippen LogP) is 3.82. The van der Waals surface area contributed by atoms with Crippen LogP contribution < -0.4 is 5.32 Å². The third-order valence-corrected chi connectivity index (χ3v) is 3.93. The Morgan fingerprint density at radius 2 is 2.06 bits per heavy atom. The van der Waals surface area contributed by atoms with Crippen molar-refractivity contribution in [2.75, 3.05) is 0 Å². The first-order chi connectivity index (χ1) is 8.65. The highest BCUT2D eigenvalue weighted by molar-refractivity contribution is 7.10. The zero-order valence-corrected chi connectivity index (χ0v) is 11.6. The van der Waals surface area contributed by atoms with E-state index in [-0.39, 0.29) is 11.9 Å². The molecule has 2 rings (SSSR count). The van der Waals surface area contributed by atoms with Crippen molar-refractivity contribution < 1.29 is 4.79 Å². The lowest BCUT2D eigenvalue weighted by Crippen LogP contribution is -2.27. The number of halogens is 1. The van der Waals surface area contributed by atoms with Crippen LogP contribution in [0.5, 0.6) is 0 Å². The fourth-order valence-electron chi connectivity index (χ4n) is 1.69. The van der Waals surface area contributed by atoms with Gasteiger partial charge in [0.05, 0.1) is 12.5 Å². The molecule has 0 radical (unpaired) electrons. The van der Waals surface area contributed by atoms with Gasteiger partial charge >= 0.3 is 0 Å². The second kappa shape index (κ2) is 6.03. The van der Waals surface area contributed by atoms with E-state index in [1.165, 1.54) is 4.88 Å². The molecule has 0 bridgehead atoms. The van der Waals surface area contributed by atoms with Crippen molar-refractivity contribution in [2.45, 2.75) is 19.4 Å². The lowest BCUT2D eigenvalue weighted by Gasteiger charge is -2.12. The van der Waals surface area contributed by atoms with Crippen molar-refractivity contribution in [3.8, 4) is 0 Å². The maximum atomic E-state index is 11.9. The predicted molar refractivity (Wildman–Crippen MR) is 76.0 cm³/mol. The lowest BCUT2D eigenvalue weighted by atomic mass is 10.1. The van der Waals surface area contributed by atoms with E-state index in [2.05, 4.69) is 5.32 Å². The summed E-state index contributed by atoms with van der Waals surface area (Å²) >= 11 is 7.45. The summed E-state index contributed by atoms with van der Waals surface area (Å²) in [6.07, 6.45) is 0.382. The molecule has 0 aliphatic carbocycles. The van der Waals surface area contributed by atoms with Gasteiger partial charge in [-0.1, -0.05) is 29.8 Å². The molecule has 1 heterocycles. The molecular weight excluding hydrogens is 266 g/mol. The highest BCUT2D eigenvalue weighted by Crippen LogP contribution is 2.18. The molecule has 0 saturated heterocycles. The van der Waals surface area contributed by atoms with Crippen LogP contribution in [0.2, 0.25) is 5.02 Å². The molecule has 1 aromatic carbocycles. The fourth-order valence-corrected chi connectivity index (χ4v) is 2.55. The Labute approximate surface area is 116 Å². The van der Waals surface area contributed by atoms with E-state index in [0.29, 0.717) is 11.4 Å². The van der Waals surface area contributed by atoms with Crippen LogP contribution in [-0.2, 0) is 11.2 Å². The molecule has 18 heavy (non-hydrogen) atoms. The maximum Gasteiger partial charge on any atom is 0.224 e. The van der Waals surface area contributed by atoms with Gasteiger partial charge in [-0.25, -0.2) is 0 Å². The van der Waals surface area contributed by atoms with Gasteiger partial charge in [0.2, 0.25) is 5.91 Å². The summed E-state index contributed by atoms with van der Waals surface area (Å²) in [6.45, 7) is 1.99. The van der Waals surface area contributed by atoms with E-state index in [4.69, 9.17) is 11.6 Å². The summed E-state index contributed by atoms with van der Waals surface area (Å²) in [5.74, 6) is 0.0261. The van der Waals surface area contributed by atoms with Crippen LogP contribution in [0.3, 0.4) is 0 Å². The monoisotopic (exact) mass is 279 g/mol. The SMILES string of the molecule is CC(NC(=O)Cc1ccc(Cl)cc1)c1cccs1. The number of thiophene rings is 1. The smallest absolute Gasteiger partial charge is 0.224 e. The molecular formula is C14H14ClNOS. The van der Waals surface area contributed by atoms with Crippen molar-refractivity contribution in [1.29, 1.82) is 0 Å². The molecule has 2 nitrogen and oxygen atoms in total. The van der Waals surface area contributed by atoms with Gasteiger partial charge in [-0.15, -0.1) is 11.3 Å². The first kappa shape index (κ1) is 13.1. The minimum atomic E-state index is 0.0261. The summed E-state index contributed by atoms with van der Waals surface area (Å²) < 4.78 is 0. The van der Waals surface area contributed by atoms with Crippen LogP contribution >= 0.6 is 22.9 Å². The molecule has 1 aromatic heterocycles. The molecule has 0 aliphatic rings. The Morgan fingerprint density at radius 1 is 1.33 bits per heavy atom. The molecule has 1 unspecified atom stereocenters. The number of rotatable bonds is 4. The normalized spacial score (nSPS) is 12.1. The number of carbonyl (C=O) groups excluding carboxylic acids is 1. The average molecular weight is 280 g/mol. The first-order valence-electron chi connectivity index (χ1n) is 5.72. The molecule has 2 aromatic rings. The van der Waals surface area contributed by atoms with Gasteiger partial charge in [-0.3, -0.25) is 4.79 Å². The minimum Gasteiger partial charge on any atom is -0.348 e. The van der Waals surface area contributed by atoms with E-state index < -0.39 is 0 Å². The van der Waals surface area contributed by atoms with Crippen molar-refractivity contribution in [3.05, 3.63) is 57.2 Å². The minimum absolute atomic E-state index is 0.0261. The van der Waals surface area contributed by atoms with Crippen LogP contribution in [0.15, 0.2) is 41.8 Å². The van der Waals surface area contributed by atoms with Crippen LogP contribution in [0.1, 0.15) is 23.4 Å². The van der Waals surface area contributed by atoms with E-state index in [9.17, 15) is 4.79 Å². The molecule has 0 aliphatic heterocycles. The van der Waals surface area contributed by atoms with Crippen molar-refractivity contribution >= 4 is 28.8 Å². The fraction of sp³-hybridized carbons (Fsp3) is 0.214. The highest BCUT2D eigenvalue weighted by atomic mass is 35.5. The van der Waals surface area contributed by atoms with Crippen LogP contribution in [0.4, 0.5) is 0 Å². The number of hydrogen-bond donors (Lipinski definition) is 1. The second-order valence-electron chi connectivity index (χ2n) is 4.11. The number of amides is 1. The quantitative estimate of drug-likeness (QED) is 0.906. The van der Waals surface area contributed by atoms with E-state index >= 15 is 0 Å². The topological polar surface area (TPSA) is 29.1 Å². The van der Waals surface area contributed by atoms with E-state index in [0.717, 1.165) is 5.56 Å². The summed E-state index contributed by atoms with van der Waals surface area (Å²) in [5, 5.41) is 5.68. The number of hydrogen-bond acceptors (Lipinski definition) is 2. The molecule has 0 spiro atoms. The molecule has 1 atom stereocenters. The molecule has 1 amide bonds. The largest absolute Gasteiger partial charge is 0.348 e. The molecule has 0 saturated carbocycles. The number of nitrogens with one attached hydrogen (secondary N) is 1. The Hall–Kier alpha value is -1.32. The third-order valence-electron chi connectivity index (χ3n) is 2.63. The van der Waals surface area contributed by atoms with Crippen LogP contribution in [0, 0.1) is 0 Å². The maximum absolute atomic E-state index is 11.9. The molecule has 0 fully saturated rings. The highest BCUT2D eigenvalue weighted by Gasteiger charge is 2.10. The number of benzene rings is 1. The first-order valence-corrected chi connectivity index (χ1v) is 6.98. The van der Waals surface area contributed by atoms with Crippen molar-refractivity contribution in [1.82, 2.24) is 5.32 Å². The van der Waals surface area contributed by atoms with Gasteiger partial charge in [-0.05, 0) is 36.1 Å². The summed E-state index contributed by atoms with van der Waals surface area (Å²) in [6, 6.07) is 11.4. The van der Waals surface area contributed by atoms with Gasteiger partial charge < -0.3 is 5.32 Å². The molecule has 4 heteroatoms. The average Bonchev–Trinajstić information content (AvgIpc) is 2.85. The standard InChI is InChI=1S/C14H14ClNOS/c1-10(13-3-2-8-18-13)16-14(17)9-11-4-6-12(15)7-5-11/h2-8,10H,9H2,1H3,(H,16,17). The molecule has 1 N–H and O–H groups in total. The summed E-state index contributed by atoms with van der Waals surface area (Å²) in [5.41, 5.74) is 0.968. The van der Waals surface area contributed by atoms with Gasteiger partial charge in [0.25, 0.3) is 0 Å². The Balaban J connectivity index is 1.91. The Morgan fingerprint density at radius 3 is 2.67 bits per heavy atom. The van der Waals surface area contributed by atoms with Gasteiger partial charge in [0.1, 0.15) is 0 Å². The van der Waals surface area contributed by atoms with Crippen LogP contribution in [0.25, 0.3) is 0 Å². The Bertz CT molecular complexity index is 507. The zero-order valence-electron chi connectivity index (χ0n) is 10.0. The zero-order chi connectivity index (χ0) is 13.0. The van der Waals surface area contributed by atoms with E-state index in [1.807, 2.05) is 36.6 Å². The van der Waals surface area contributed by atoms with Gasteiger partial charge in [0, 0.05) is 9.90 Å².